The first-order valence-corrected chi connectivity index (χ1v) is 34.9. The van der Waals surface area contributed by atoms with Gasteiger partial charge in [0.1, 0.15) is 34.1 Å². The number of aromatic carboxylic acids is 3. The standard InChI is InChI=1S/C29H33NO7S.C21H25NO7S.C19H22N2O6S/c1-29(2,3)37-27(31)5-4-18-36-25-14-8-21(9-15-25)6-7-22-10-16-26(17-11-22)38(34,35)20-24-13-12-23(19-30-24)28(32)33;1-21(2,3)29-19(23)5-4-12-28-17-8-10-18(11-9-17)30(26,27)14-16-7-6-15(13-22-16)20(24)25;1-19(2,3)27-17(22)10-7-13-5-4-6-15(11-13)28(25,26)21-16-9-8-14(12-20-16)18(23)24/h8-17,19H,4-7,18,20H2,1-3H3,(H,32,33);6-11,13H,4-5,12,14H2,1-3H3,(H,24,25);4-6,8-9,11-12H,7,10H2,1-3H3,(H,20,21)(H,23,24). The van der Waals surface area contributed by atoms with Gasteiger partial charge in [0, 0.05) is 37.9 Å². The zero-order valence-electron chi connectivity index (χ0n) is 54.8. The number of sulfone groups is 2. The van der Waals surface area contributed by atoms with E-state index < -0.39 is 64.4 Å². The summed E-state index contributed by atoms with van der Waals surface area (Å²) in [5.74, 6) is -3.70. The van der Waals surface area contributed by atoms with Crippen LogP contribution in [0.2, 0.25) is 0 Å². The maximum absolute atomic E-state index is 12.7. The topological polar surface area (TPSA) is 362 Å². The number of nitrogens with zero attached hydrogens (tertiary/aromatic N) is 3. The van der Waals surface area contributed by atoms with Gasteiger partial charge in [-0.3, -0.25) is 29.1 Å². The third-order valence-corrected chi connectivity index (χ3v) is 17.5. The number of nitrogens with one attached hydrogen (secondary N) is 1. The van der Waals surface area contributed by atoms with Crippen molar-refractivity contribution in [2.75, 3.05) is 17.9 Å². The third-order valence-electron chi connectivity index (χ3n) is 12.8. The zero-order valence-corrected chi connectivity index (χ0v) is 57.2. The fourth-order valence-electron chi connectivity index (χ4n) is 8.36. The molecule has 4 aromatic carbocycles. The highest BCUT2D eigenvalue weighted by Crippen LogP contribution is 2.24. The van der Waals surface area contributed by atoms with Crippen LogP contribution in [0, 0.1) is 0 Å². The Morgan fingerprint density at radius 3 is 1.17 bits per heavy atom. The molecule has 0 saturated heterocycles. The molecule has 0 spiro atoms. The minimum Gasteiger partial charge on any atom is -0.494 e. The maximum atomic E-state index is 12.7. The van der Waals surface area contributed by atoms with Crippen molar-refractivity contribution in [2.24, 2.45) is 0 Å². The number of benzene rings is 4. The molecule has 27 heteroatoms. The van der Waals surface area contributed by atoms with Crippen molar-refractivity contribution in [3.8, 4) is 11.5 Å². The van der Waals surface area contributed by atoms with Crippen molar-refractivity contribution in [3.63, 3.8) is 0 Å². The molecule has 7 rings (SSSR count). The van der Waals surface area contributed by atoms with Crippen LogP contribution in [0.5, 0.6) is 11.5 Å². The maximum Gasteiger partial charge on any atom is 0.337 e. The van der Waals surface area contributed by atoms with E-state index in [0.717, 1.165) is 48.3 Å². The van der Waals surface area contributed by atoms with Gasteiger partial charge in [-0.2, -0.15) is 0 Å². The van der Waals surface area contributed by atoms with E-state index in [0.29, 0.717) is 50.2 Å². The van der Waals surface area contributed by atoms with Gasteiger partial charge in [0.15, 0.2) is 19.7 Å². The largest absolute Gasteiger partial charge is 0.494 e. The monoisotopic (exact) mass is 1380 g/mol. The van der Waals surface area contributed by atoms with Crippen LogP contribution in [-0.2, 0) is 89.1 Å². The van der Waals surface area contributed by atoms with Gasteiger partial charge in [0.2, 0.25) is 0 Å². The number of carboxylic acid groups (broad SMARTS) is 3. The Bertz CT molecular complexity index is 4110. The predicted molar refractivity (Wildman–Crippen MR) is 355 cm³/mol. The molecular formula is C69H80N4O20S3. The first-order valence-electron chi connectivity index (χ1n) is 30.2. The van der Waals surface area contributed by atoms with Crippen LogP contribution in [0.3, 0.4) is 0 Å². The quantitative estimate of drug-likeness (QED) is 0.0201. The molecule has 24 nitrogen and oxygen atoms in total. The molecule has 0 aliphatic carbocycles. The van der Waals surface area contributed by atoms with Crippen LogP contribution in [0.25, 0.3) is 0 Å². The third kappa shape index (κ3) is 28.2. The minimum atomic E-state index is -3.91. The number of hydrogen-bond donors (Lipinski definition) is 4. The van der Waals surface area contributed by atoms with Crippen molar-refractivity contribution in [1.29, 1.82) is 0 Å². The minimum absolute atomic E-state index is 0.00385. The lowest BCUT2D eigenvalue weighted by atomic mass is 10.0. The molecule has 4 N–H and O–H groups in total. The summed E-state index contributed by atoms with van der Waals surface area (Å²) in [5.41, 5.74) is 1.71. The highest BCUT2D eigenvalue weighted by atomic mass is 32.2. The van der Waals surface area contributed by atoms with Gasteiger partial charge < -0.3 is 39.0 Å². The van der Waals surface area contributed by atoms with Gasteiger partial charge in [-0.15, -0.1) is 0 Å². The van der Waals surface area contributed by atoms with Gasteiger partial charge in [-0.25, -0.2) is 44.6 Å². The lowest BCUT2D eigenvalue weighted by Crippen LogP contribution is -2.24. The summed E-state index contributed by atoms with van der Waals surface area (Å²) in [6, 6.07) is 34.7. The molecule has 0 bridgehead atoms. The second kappa shape index (κ2) is 34.7. The van der Waals surface area contributed by atoms with Crippen LogP contribution in [-0.4, -0.2) is 121 Å². The van der Waals surface area contributed by atoms with E-state index in [1.165, 1.54) is 60.7 Å². The zero-order chi connectivity index (χ0) is 71.1. The van der Waals surface area contributed by atoms with Gasteiger partial charge in [-0.05, 0) is 208 Å². The van der Waals surface area contributed by atoms with Crippen molar-refractivity contribution in [2.45, 2.75) is 157 Å². The number of carbonyl (C=O) groups is 6. The number of carboxylic acids is 3. The normalized spacial score (nSPS) is 11.7. The van der Waals surface area contributed by atoms with E-state index in [4.69, 9.17) is 39.0 Å². The SMILES string of the molecule is CC(C)(C)OC(=O)CCCOc1ccc(CCc2ccc(S(=O)(=O)Cc3ccc(C(=O)O)cn3)cc2)cc1.CC(C)(C)OC(=O)CCCOc1ccc(S(=O)(=O)Cc2ccc(C(=O)O)cn2)cc1.CC(C)(C)OC(=O)CCc1cccc(S(=O)(=O)Nc2ccc(C(=O)O)cn2)c1. The average molecular weight is 1380 g/mol. The summed E-state index contributed by atoms with van der Waals surface area (Å²) in [6.45, 7) is 17.0. The number of sulfonamides is 1. The highest BCUT2D eigenvalue weighted by molar-refractivity contribution is 7.92. The molecule has 0 amide bonds. The number of aryl methyl sites for hydroxylation is 3. The van der Waals surface area contributed by atoms with E-state index in [1.807, 2.05) is 45.0 Å². The van der Waals surface area contributed by atoms with Crippen LogP contribution in [0.1, 0.15) is 154 Å². The smallest absolute Gasteiger partial charge is 0.337 e. The number of ether oxygens (including phenoxy) is 5. The molecule has 514 valence electrons. The number of esters is 3. The van der Waals surface area contributed by atoms with Crippen molar-refractivity contribution >= 4 is 71.3 Å². The fraction of sp³-hybridized carbons (Fsp3) is 0.348. The molecule has 3 aromatic heterocycles. The van der Waals surface area contributed by atoms with Gasteiger partial charge in [0.25, 0.3) is 10.0 Å². The average Bonchev–Trinajstić information content (AvgIpc) is 0.854. The predicted octanol–water partition coefficient (Wildman–Crippen LogP) is 11.1. The van der Waals surface area contributed by atoms with E-state index >= 15 is 0 Å². The Morgan fingerprint density at radius 1 is 0.417 bits per heavy atom. The Hall–Kier alpha value is -9.60. The summed E-state index contributed by atoms with van der Waals surface area (Å²) in [7, 11) is -11.2. The summed E-state index contributed by atoms with van der Waals surface area (Å²) < 4.78 is 105. The number of rotatable bonds is 28. The van der Waals surface area contributed by atoms with E-state index in [-0.39, 0.29) is 90.8 Å². The Kier molecular flexibility index (Phi) is 27.9. The number of hydrogen-bond acceptors (Lipinski definition) is 20. The number of pyridine rings is 3. The van der Waals surface area contributed by atoms with Crippen molar-refractivity contribution < 1.29 is 93.0 Å². The van der Waals surface area contributed by atoms with Crippen LogP contribution < -0.4 is 14.2 Å². The Labute approximate surface area is 559 Å². The van der Waals surface area contributed by atoms with Gasteiger partial charge in [0.05, 0.1) is 67.5 Å². The first kappa shape index (κ1) is 77.1. The second-order valence-corrected chi connectivity index (χ2v) is 30.3. The number of anilines is 1. The van der Waals surface area contributed by atoms with E-state index in [1.54, 1.807) is 90.1 Å². The molecule has 0 fully saturated rings. The molecule has 7 aromatic rings. The Balaban J connectivity index is 0.000000264. The van der Waals surface area contributed by atoms with E-state index in [9.17, 15) is 54.0 Å². The lowest BCUT2D eigenvalue weighted by molar-refractivity contribution is -0.156. The molecule has 0 aliphatic heterocycles. The number of aromatic nitrogens is 3. The summed E-state index contributed by atoms with van der Waals surface area (Å²) >= 11 is 0. The Morgan fingerprint density at radius 2 is 0.792 bits per heavy atom. The molecule has 0 unspecified atom stereocenters. The van der Waals surface area contributed by atoms with Gasteiger partial charge >= 0.3 is 35.8 Å². The highest BCUT2D eigenvalue weighted by Gasteiger charge is 2.22. The molecule has 0 saturated carbocycles. The molecule has 0 aliphatic rings. The van der Waals surface area contributed by atoms with Crippen molar-refractivity contribution in [3.05, 3.63) is 197 Å². The fourth-order valence-corrected chi connectivity index (χ4v) is 12.0. The van der Waals surface area contributed by atoms with Crippen molar-refractivity contribution in [1.82, 2.24) is 15.0 Å². The lowest BCUT2D eigenvalue weighted by Gasteiger charge is -2.19. The number of carbonyl (C=O) groups excluding carboxylic acids is 3. The van der Waals surface area contributed by atoms with Crippen LogP contribution >= 0.6 is 0 Å². The summed E-state index contributed by atoms with van der Waals surface area (Å²) in [5, 5.41) is 26.7. The second-order valence-electron chi connectivity index (χ2n) is 24.6. The molecular weight excluding hydrogens is 1300 g/mol. The molecule has 3 heterocycles. The molecule has 0 radical (unpaired) electrons. The molecule has 96 heavy (non-hydrogen) atoms. The summed E-state index contributed by atoms with van der Waals surface area (Å²) in [6.07, 6.45) is 6.95. The summed E-state index contributed by atoms with van der Waals surface area (Å²) in [4.78, 5) is 79.8. The van der Waals surface area contributed by atoms with Crippen LogP contribution in [0.15, 0.2) is 167 Å². The van der Waals surface area contributed by atoms with Crippen LogP contribution in [0.4, 0.5) is 5.82 Å². The van der Waals surface area contributed by atoms with E-state index in [2.05, 4.69) is 19.7 Å². The molecule has 0 atom stereocenters. The van der Waals surface area contributed by atoms with Gasteiger partial charge in [-0.1, -0.05) is 36.4 Å². The first-order chi connectivity index (χ1) is 44.8.